The maximum Gasteiger partial charge on any atom is 0.319 e. The fourth-order valence-electron chi connectivity index (χ4n) is 3.08. The van der Waals surface area contributed by atoms with E-state index < -0.39 is 0 Å². The minimum Gasteiger partial charge on any atom is -0.489 e. The molecule has 0 saturated carbocycles. The maximum absolute atomic E-state index is 12.2. The third-order valence-electron chi connectivity index (χ3n) is 4.52. The van der Waals surface area contributed by atoms with Crippen LogP contribution >= 0.6 is 0 Å². The second-order valence-electron chi connectivity index (χ2n) is 6.50. The van der Waals surface area contributed by atoms with Crippen LogP contribution in [0.3, 0.4) is 0 Å². The Balaban J connectivity index is 1.49. The smallest absolute Gasteiger partial charge is 0.319 e. The summed E-state index contributed by atoms with van der Waals surface area (Å²) in [7, 11) is 0. The van der Waals surface area contributed by atoms with Gasteiger partial charge in [0.15, 0.2) is 0 Å². The van der Waals surface area contributed by atoms with E-state index >= 15 is 0 Å². The fourth-order valence-corrected chi connectivity index (χ4v) is 3.08. The third kappa shape index (κ3) is 5.66. The molecule has 1 aliphatic rings. The number of allylic oxidation sites excluding steroid dienone is 1. The van der Waals surface area contributed by atoms with E-state index in [1.807, 2.05) is 54.6 Å². The molecule has 2 aromatic carbocycles. The van der Waals surface area contributed by atoms with E-state index in [0.717, 1.165) is 23.4 Å². The molecule has 0 aliphatic heterocycles. The molecule has 26 heavy (non-hydrogen) atoms. The number of hydrogen-bond donors (Lipinski definition) is 2. The normalized spacial score (nSPS) is 13.6. The van der Waals surface area contributed by atoms with Crippen LogP contribution in [0.1, 0.15) is 37.7 Å². The summed E-state index contributed by atoms with van der Waals surface area (Å²) < 4.78 is 5.80. The topological polar surface area (TPSA) is 50.4 Å². The van der Waals surface area contributed by atoms with Gasteiger partial charge in [0, 0.05) is 17.8 Å². The highest BCUT2D eigenvalue weighted by Crippen LogP contribution is 2.20. The SMILES string of the molecule is O=C(NCCC1=CCCCC1)Nc1ccccc1COc1ccccc1. The summed E-state index contributed by atoms with van der Waals surface area (Å²) in [5, 5.41) is 5.88. The number of carbonyl (C=O) groups is 1. The van der Waals surface area contributed by atoms with Crippen molar-refractivity contribution in [2.24, 2.45) is 0 Å². The minimum absolute atomic E-state index is 0.173. The van der Waals surface area contributed by atoms with E-state index in [4.69, 9.17) is 4.74 Å². The Kier molecular flexibility index (Phi) is 6.71. The molecule has 0 bridgehead atoms. The molecule has 0 fully saturated rings. The number of anilines is 1. The van der Waals surface area contributed by atoms with Gasteiger partial charge in [-0.25, -0.2) is 4.79 Å². The molecule has 0 saturated heterocycles. The van der Waals surface area contributed by atoms with Gasteiger partial charge in [-0.15, -0.1) is 0 Å². The number of nitrogens with one attached hydrogen (secondary N) is 2. The molecule has 2 amide bonds. The molecule has 0 atom stereocenters. The van der Waals surface area contributed by atoms with Gasteiger partial charge >= 0.3 is 6.03 Å². The first-order valence-electron chi connectivity index (χ1n) is 9.30. The Labute approximate surface area is 155 Å². The largest absolute Gasteiger partial charge is 0.489 e. The standard InChI is InChI=1S/C22H26N2O2/c25-22(23-16-15-18-9-3-1-4-10-18)24-21-14-8-7-11-19(21)17-26-20-12-5-2-6-13-20/h2,5-9,11-14H,1,3-4,10,15-17H2,(H2,23,24,25). The van der Waals surface area contributed by atoms with Crippen LogP contribution in [-0.2, 0) is 6.61 Å². The quantitative estimate of drug-likeness (QED) is 0.668. The van der Waals surface area contributed by atoms with Crippen LogP contribution in [0.25, 0.3) is 0 Å². The first-order chi connectivity index (χ1) is 12.8. The van der Waals surface area contributed by atoms with Crippen molar-refractivity contribution in [2.75, 3.05) is 11.9 Å². The van der Waals surface area contributed by atoms with Crippen molar-refractivity contribution in [1.29, 1.82) is 0 Å². The zero-order chi connectivity index (χ0) is 18.0. The van der Waals surface area contributed by atoms with Crippen LogP contribution in [0, 0.1) is 0 Å². The maximum atomic E-state index is 12.2. The van der Waals surface area contributed by atoms with Crippen LogP contribution in [0.2, 0.25) is 0 Å². The molecule has 2 aromatic rings. The van der Waals surface area contributed by atoms with Crippen molar-refractivity contribution < 1.29 is 9.53 Å². The van der Waals surface area contributed by atoms with Gasteiger partial charge in [-0.2, -0.15) is 0 Å². The van der Waals surface area contributed by atoms with Crippen molar-refractivity contribution in [3.05, 3.63) is 71.8 Å². The molecule has 0 spiro atoms. The highest BCUT2D eigenvalue weighted by atomic mass is 16.5. The van der Waals surface area contributed by atoms with E-state index in [-0.39, 0.29) is 6.03 Å². The second-order valence-corrected chi connectivity index (χ2v) is 6.50. The summed E-state index contributed by atoms with van der Waals surface area (Å²) in [5.41, 5.74) is 3.19. The molecule has 0 heterocycles. The zero-order valence-electron chi connectivity index (χ0n) is 15.0. The summed E-state index contributed by atoms with van der Waals surface area (Å²) >= 11 is 0. The highest BCUT2D eigenvalue weighted by molar-refractivity contribution is 5.90. The Morgan fingerprint density at radius 3 is 2.62 bits per heavy atom. The molecule has 4 nitrogen and oxygen atoms in total. The zero-order valence-corrected chi connectivity index (χ0v) is 15.0. The van der Waals surface area contributed by atoms with Gasteiger partial charge in [-0.3, -0.25) is 0 Å². The van der Waals surface area contributed by atoms with Crippen molar-refractivity contribution >= 4 is 11.7 Å². The van der Waals surface area contributed by atoms with E-state index in [0.29, 0.717) is 13.2 Å². The molecule has 1 aliphatic carbocycles. The molecule has 0 unspecified atom stereocenters. The number of urea groups is 1. The number of rotatable bonds is 7. The van der Waals surface area contributed by atoms with E-state index in [9.17, 15) is 4.79 Å². The molecule has 136 valence electrons. The molecular weight excluding hydrogens is 324 g/mol. The van der Waals surface area contributed by atoms with Crippen LogP contribution < -0.4 is 15.4 Å². The van der Waals surface area contributed by atoms with Gasteiger partial charge in [0.25, 0.3) is 0 Å². The second kappa shape index (κ2) is 9.66. The van der Waals surface area contributed by atoms with Gasteiger partial charge < -0.3 is 15.4 Å². The lowest BCUT2D eigenvalue weighted by Crippen LogP contribution is -2.30. The van der Waals surface area contributed by atoms with Crippen LogP contribution in [0.5, 0.6) is 5.75 Å². The summed E-state index contributed by atoms with van der Waals surface area (Å²) in [4.78, 5) is 12.2. The Hall–Kier alpha value is -2.75. The minimum atomic E-state index is -0.173. The molecule has 2 N–H and O–H groups in total. The van der Waals surface area contributed by atoms with Crippen molar-refractivity contribution in [3.63, 3.8) is 0 Å². The average Bonchev–Trinajstić information content (AvgIpc) is 2.69. The lowest BCUT2D eigenvalue weighted by molar-refractivity contribution is 0.252. The van der Waals surface area contributed by atoms with E-state index in [1.54, 1.807) is 0 Å². The first kappa shape index (κ1) is 18.1. The van der Waals surface area contributed by atoms with E-state index in [2.05, 4.69) is 16.7 Å². The lowest BCUT2D eigenvalue weighted by atomic mass is 9.97. The lowest BCUT2D eigenvalue weighted by Gasteiger charge is -2.15. The summed E-state index contributed by atoms with van der Waals surface area (Å²) in [5.74, 6) is 0.813. The van der Waals surface area contributed by atoms with E-state index in [1.165, 1.54) is 31.3 Å². The van der Waals surface area contributed by atoms with Crippen molar-refractivity contribution in [2.45, 2.75) is 38.7 Å². The number of amides is 2. The predicted molar refractivity (Wildman–Crippen MR) is 105 cm³/mol. The van der Waals surface area contributed by atoms with Gasteiger partial charge in [0.05, 0.1) is 0 Å². The molecule has 3 rings (SSSR count). The number of benzene rings is 2. The van der Waals surface area contributed by atoms with Gasteiger partial charge in [0.1, 0.15) is 12.4 Å². The molecule has 0 aromatic heterocycles. The Morgan fingerprint density at radius 2 is 1.81 bits per heavy atom. The summed E-state index contributed by atoms with van der Waals surface area (Å²) in [6.45, 7) is 1.08. The van der Waals surface area contributed by atoms with Gasteiger partial charge in [-0.05, 0) is 50.3 Å². The predicted octanol–water partition coefficient (Wildman–Crippen LogP) is 5.28. The Bertz CT molecular complexity index is 741. The number of hydrogen-bond acceptors (Lipinski definition) is 2. The first-order valence-corrected chi connectivity index (χ1v) is 9.30. The fraction of sp³-hybridized carbons (Fsp3) is 0.318. The Morgan fingerprint density at radius 1 is 1.00 bits per heavy atom. The number of ether oxygens (including phenoxy) is 1. The summed E-state index contributed by atoms with van der Waals surface area (Å²) in [6.07, 6.45) is 8.16. The van der Waals surface area contributed by atoms with Crippen LogP contribution in [0.15, 0.2) is 66.2 Å². The number of para-hydroxylation sites is 2. The van der Waals surface area contributed by atoms with Gasteiger partial charge in [-0.1, -0.05) is 48.0 Å². The van der Waals surface area contributed by atoms with Gasteiger partial charge in [0.2, 0.25) is 0 Å². The molecule has 0 radical (unpaired) electrons. The summed E-state index contributed by atoms with van der Waals surface area (Å²) in [6, 6.07) is 17.2. The third-order valence-corrected chi connectivity index (χ3v) is 4.52. The molecular formula is C22H26N2O2. The number of carbonyl (C=O) groups excluding carboxylic acids is 1. The van der Waals surface area contributed by atoms with Crippen LogP contribution in [0.4, 0.5) is 10.5 Å². The monoisotopic (exact) mass is 350 g/mol. The van der Waals surface area contributed by atoms with Crippen molar-refractivity contribution in [1.82, 2.24) is 5.32 Å². The highest BCUT2D eigenvalue weighted by Gasteiger charge is 2.08. The molecule has 4 heteroatoms. The van der Waals surface area contributed by atoms with Crippen molar-refractivity contribution in [3.8, 4) is 5.75 Å². The van der Waals surface area contributed by atoms with Crippen LogP contribution in [-0.4, -0.2) is 12.6 Å². The average molecular weight is 350 g/mol.